The maximum atomic E-state index is 13.5. The molecular formula is C29H35N4O8S-. The number of likely N-dealkylation sites (tertiary alicyclic amines) is 1. The number of carbonyl (C=O) groups is 2. The van der Waals surface area contributed by atoms with Crippen molar-refractivity contribution in [3.05, 3.63) is 60.3 Å². The smallest absolute Gasteiger partial charge is 0.344 e. The summed E-state index contributed by atoms with van der Waals surface area (Å²) >= 11 is 0. The lowest BCUT2D eigenvalue weighted by molar-refractivity contribution is -0.145. The third-order valence-electron chi connectivity index (χ3n) is 6.82. The van der Waals surface area contributed by atoms with Crippen LogP contribution < -0.4 is 9.47 Å². The monoisotopic (exact) mass is 599 g/mol. The van der Waals surface area contributed by atoms with Gasteiger partial charge in [0.25, 0.3) is 5.91 Å². The molecule has 3 aromatic rings. The van der Waals surface area contributed by atoms with Crippen molar-refractivity contribution in [2.75, 3.05) is 53.6 Å². The van der Waals surface area contributed by atoms with Crippen LogP contribution in [0.3, 0.4) is 0 Å². The molecule has 1 aliphatic rings. The molecule has 12 nitrogen and oxygen atoms in total. The second-order valence-electron chi connectivity index (χ2n) is 9.63. The molecule has 1 saturated heterocycles. The van der Waals surface area contributed by atoms with Gasteiger partial charge in [0.2, 0.25) is 0 Å². The molecule has 1 unspecified atom stereocenters. The topological polar surface area (TPSA) is 140 Å². The lowest BCUT2D eigenvalue weighted by atomic mass is 10.0. The van der Waals surface area contributed by atoms with E-state index < -0.39 is 23.0 Å². The highest BCUT2D eigenvalue weighted by molar-refractivity contribution is 7.69. The zero-order chi connectivity index (χ0) is 30.1. The lowest BCUT2D eigenvalue weighted by Crippen LogP contribution is -2.41. The van der Waals surface area contributed by atoms with Crippen molar-refractivity contribution in [1.82, 2.24) is 14.8 Å². The molecule has 4 rings (SSSR count). The number of hydrogen-bond acceptors (Lipinski definition) is 12. The highest BCUT2D eigenvalue weighted by Crippen LogP contribution is 2.32. The summed E-state index contributed by atoms with van der Waals surface area (Å²) in [6.45, 7) is 3.23. The van der Waals surface area contributed by atoms with Crippen LogP contribution >= 0.6 is 0 Å². The van der Waals surface area contributed by atoms with E-state index in [0.29, 0.717) is 54.1 Å². The molecule has 2 heterocycles. The minimum atomic E-state index is -1.86. The average molecular weight is 600 g/mol. The molecule has 13 heteroatoms. The van der Waals surface area contributed by atoms with Crippen molar-refractivity contribution in [1.29, 1.82) is 0 Å². The van der Waals surface area contributed by atoms with Gasteiger partial charge < -0.3 is 37.0 Å². The molecule has 1 aliphatic heterocycles. The van der Waals surface area contributed by atoms with Gasteiger partial charge in [-0.05, 0) is 55.3 Å². The minimum Gasteiger partial charge on any atom is -0.483 e. The Balaban J connectivity index is 1.52. The molecule has 42 heavy (non-hydrogen) atoms. The van der Waals surface area contributed by atoms with E-state index in [-0.39, 0.29) is 31.8 Å². The number of carbonyl (C=O) groups excluding carboxylic acids is 2. The van der Waals surface area contributed by atoms with Gasteiger partial charge in [0.15, 0.2) is 13.2 Å². The van der Waals surface area contributed by atoms with E-state index in [1.165, 1.54) is 7.11 Å². The third-order valence-corrected chi connectivity index (χ3v) is 7.45. The number of aliphatic hydroxyl groups excluding tert-OH is 1. The number of fused-ring (bicyclic) bond motifs is 1. The normalized spacial score (nSPS) is 16.7. The van der Waals surface area contributed by atoms with Crippen molar-refractivity contribution >= 4 is 39.3 Å². The second-order valence-corrected chi connectivity index (χ2v) is 10.6. The highest BCUT2D eigenvalue weighted by atomic mass is 32.2. The molecule has 1 fully saturated rings. The maximum Gasteiger partial charge on any atom is 0.344 e. The third kappa shape index (κ3) is 8.16. The van der Waals surface area contributed by atoms with Crippen LogP contribution in [0.5, 0.6) is 11.5 Å². The molecule has 0 spiro atoms. The van der Waals surface area contributed by atoms with Gasteiger partial charge in [-0.25, -0.2) is 4.79 Å². The van der Waals surface area contributed by atoms with Crippen molar-refractivity contribution in [2.45, 2.75) is 25.5 Å². The van der Waals surface area contributed by atoms with Crippen molar-refractivity contribution < 1.29 is 37.3 Å². The van der Waals surface area contributed by atoms with Gasteiger partial charge in [-0.2, -0.15) is 0 Å². The van der Waals surface area contributed by atoms with Gasteiger partial charge in [-0.3, -0.25) is 14.7 Å². The molecule has 1 amide bonds. The van der Waals surface area contributed by atoms with Gasteiger partial charge >= 0.3 is 5.97 Å². The molecule has 0 aliphatic carbocycles. The van der Waals surface area contributed by atoms with Gasteiger partial charge in [-0.1, -0.05) is 23.0 Å². The first kappa shape index (κ1) is 31.2. The van der Waals surface area contributed by atoms with Crippen LogP contribution in [0.25, 0.3) is 10.9 Å². The van der Waals surface area contributed by atoms with Crippen LogP contribution in [0.2, 0.25) is 0 Å². The number of benzene rings is 2. The average Bonchev–Trinajstić information content (AvgIpc) is 3.42. The van der Waals surface area contributed by atoms with Gasteiger partial charge in [0.1, 0.15) is 11.5 Å². The molecule has 2 aromatic carbocycles. The fourth-order valence-electron chi connectivity index (χ4n) is 4.69. The molecule has 0 saturated carbocycles. The van der Waals surface area contributed by atoms with Crippen LogP contribution in [-0.2, 0) is 33.6 Å². The summed E-state index contributed by atoms with van der Waals surface area (Å²) < 4.78 is 37.1. The Kier molecular flexibility index (Phi) is 11.1. The number of likely N-dealkylation sites (N-methyl/N-ethyl adjacent to an activating group) is 1. The Hall–Kier alpha value is -3.78. The molecule has 1 N–H and O–H groups in total. The molecule has 0 bridgehead atoms. The molecule has 226 valence electrons. The Morgan fingerprint density at radius 2 is 2.02 bits per heavy atom. The Morgan fingerprint density at radius 1 is 1.19 bits per heavy atom. The predicted octanol–water partition coefficient (Wildman–Crippen LogP) is 3.16. The van der Waals surface area contributed by atoms with Crippen LogP contribution in [0, 0.1) is 0 Å². The summed E-state index contributed by atoms with van der Waals surface area (Å²) in [7, 11) is 1.14. The number of rotatable bonds is 13. The number of nitrogens with zero attached hydrogens (tertiary/aromatic N) is 4. The maximum absolute atomic E-state index is 13.5. The fourth-order valence-corrected chi connectivity index (χ4v) is 5.08. The number of aromatic nitrogens is 1. The van der Waals surface area contributed by atoms with Gasteiger partial charge in [0.05, 0.1) is 30.0 Å². The van der Waals surface area contributed by atoms with Gasteiger partial charge in [-0.15, -0.1) is 0 Å². The van der Waals surface area contributed by atoms with Crippen molar-refractivity contribution in [2.24, 2.45) is 4.36 Å². The summed E-state index contributed by atoms with van der Waals surface area (Å²) in [5, 5.41) is 10.7. The Morgan fingerprint density at radius 3 is 2.76 bits per heavy atom. The van der Waals surface area contributed by atoms with E-state index in [9.17, 15) is 18.9 Å². The number of aliphatic hydroxyl groups is 1. The Bertz CT molecular complexity index is 1480. The van der Waals surface area contributed by atoms with Gasteiger partial charge in [0, 0.05) is 45.4 Å². The standard InChI is InChI=1S/C29H35N4O8S/c1-4-39-28(36)19-40-22-8-5-7-20(15-22)25(17-33-14-12-21(34)16-33)32(2)27(35)18-41-26-11-10-24(31-42(37)38-3)29-23(26)9-6-13-30-29/h5-11,13,15,21,25,34H,4,12,14,16-19H2,1-3H3/q-1/t21-,25?/m0/s1. The summed E-state index contributed by atoms with van der Waals surface area (Å²) in [6, 6.07) is 13.6. The predicted molar refractivity (Wildman–Crippen MR) is 156 cm³/mol. The largest absolute Gasteiger partial charge is 0.483 e. The minimum absolute atomic E-state index is 0.223. The number of amides is 1. The zero-order valence-electron chi connectivity index (χ0n) is 23.8. The first-order valence-corrected chi connectivity index (χ1v) is 14.5. The number of β-amino-alcohol motifs (C(OH)–C–C–N with tert-alkyl or cyclic N) is 1. The number of pyridine rings is 1. The summed E-state index contributed by atoms with van der Waals surface area (Å²) in [6.07, 6.45) is 1.84. The quantitative estimate of drug-likeness (QED) is 0.230. The van der Waals surface area contributed by atoms with Crippen LogP contribution in [0.15, 0.2) is 59.1 Å². The van der Waals surface area contributed by atoms with E-state index in [0.717, 1.165) is 5.56 Å². The summed E-state index contributed by atoms with van der Waals surface area (Å²) in [5.41, 5.74) is 1.64. The molecule has 0 radical (unpaired) electrons. The summed E-state index contributed by atoms with van der Waals surface area (Å²) in [4.78, 5) is 33.3. The van der Waals surface area contributed by atoms with E-state index in [1.807, 2.05) is 6.07 Å². The number of hydrogen-bond donors (Lipinski definition) is 1. The first-order chi connectivity index (χ1) is 20.3. The molecule has 2 atom stereocenters. The van der Waals surface area contributed by atoms with Crippen LogP contribution in [-0.4, -0.2) is 91.5 Å². The molecular weight excluding hydrogens is 564 g/mol. The highest BCUT2D eigenvalue weighted by Gasteiger charge is 2.29. The van der Waals surface area contributed by atoms with E-state index >= 15 is 0 Å². The van der Waals surface area contributed by atoms with Crippen molar-refractivity contribution in [3.8, 4) is 11.5 Å². The van der Waals surface area contributed by atoms with Crippen LogP contribution in [0.4, 0.5) is 5.69 Å². The Labute approximate surface area is 246 Å². The number of ether oxygens (including phenoxy) is 3. The lowest BCUT2D eigenvalue weighted by Gasteiger charge is -2.32. The fraction of sp³-hybridized carbons (Fsp3) is 0.414. The molecule has 1 aromatic heterocycles. The number of esters is 1. The van der Waals surface area contributed by atoms with E-state index in [1.54, 1.807) is 67.5 Å². The zero-order valence-corrected chi connectivity index (χ0v) is 24.6. The van der Waals surface area contributed by atoms with Crippen molar-refractivity contribution in [3.63, 3.8) is 0 Å². The summed E-state index contributed by atoms with van der Waals surface area (Å²) in [5.74, 6) is 0.161. The first-order valence-electron chi connectivity index (χ1n) is 13.5. The second kappa shape index (κ2) is 14.9. The van der Waals surface area contributed by atoms with E-state index in [2.05, 4.69) is 14.2 Å². The van der Waals surface area contributed by atoms with Crippen LogP contribution in [0.1, 0.15) is 24.9 Å². The van der Waals surface area contributed by atoms with E-state index in [4.69, 9.17) is 18.4 Å². The SMILES string of the molecule is CCOC(=O)COc1cccc(C(CN2CC[C@H](O)C2)N(C)C(=O)COc2ccc(N=[S-](=O)OC)c3ncccc23)c1.